The fourth-order valence-corrected chi connectivity index (χ4v) is 2.68. The highest BCUT2D eigenvalue weighted by atomic mass is 35.5. The highest BCUT2D eigenvalue weighted by Crippen LogP contribution is 2.37. The predicted octanol–water partition coefficient (Wildman–Crippen LogP) is 4.37. The fourth-order valence-electron chi connectivity index (χ4n) is 1.59. The third-order valence-corrected chi connectivity index (χ3v) is 4.04. The normalized spacial score (nSPS) is 10.8. The Kier molecular flexibility index (Phi) is 3.18. The highest BCUT2D eigenvalue weighted by molar-refractivity contribution is 7.16. The van der Waals surface area contributed by atoms with Crippen LogP contribution in [0.4, 0.5) is 5.95 Å². The summed E-state index contributed by atoms with van der Waals surface area (Å²) in [5.74, 6) is 0.954. The smallest absolute Gasteiger partial charge is 0.232 e. The number of hydrogen-bond acceptors (Lipinski definition) is 5. The number of rotatable bonds is 2. The van der Waals surface area contributed by atoms with Crippen LogP contribution in [-0.4, -0.2) is 9.97 Å². The number of aromatic nitrogens is 2. The first kappa shape index (κ1) is 12.5. The maximum atomic E-state index is 6.08. The molecule has 0 saturated heterocycles. The average Bonchev–Trinajstić information content (AvgIpc) is 2.83. The molecule has 2 N–H and O–H groups in total. The molecule has 3 rings (SSSR count). The first-order valence-electron chi connectivity index (χ1n) is 5.28. The van der Waals surface area contributed by atoms with E-state index in [0.717, 1.165) is 10.2 Å². The molecule has 0 spiro atoms. The van der Waals surface area contributed by atoms with Crippen LogP contribution in [0.3, 0.4) is 0 Å². The first-order chi connectivity index (χ1) is 9.15. The molecule has 4 nitrogen and oxygen atoms in total. The molecule has 2 aromatic heterocycles. The largest absolute Gasteiger partial charge is 0.437 e. The molecule has 0 unspecified atom stereocenters. The number of anilines is 1. The lowest BCUT2D eigenvalue weighted by Crippen LogP contribution is -1.97. The molecule has 0 fully saturated rings. The van der Waals surface area contributed by atoms with Crippen molar-refractivity contribution in [3.8, 4) is 11.6 Å². The lowest BCUT2D eigenvalue weighted by Gasteiger charge is -2.08. The van der Waals surface area contributed by atoms with Crippen molar-refractivity contribution >= 4 is 50.7 Å². The van der Waals surface area contributed by atoms with Crippen molar-refractivity contribution in [2.24, 2.45) is 0 Å². The van der Waals surface area contributed by atoms with E-state index in [1.807, 2.05) is 11.4 Å². The van der Waals surface area contributed by atoms with Gasteiger partial charge in [0.15, 0.2) is 0 Å². The lowest BCUT2D eigenvalue weighted by atomic mass is 10.3. The van der Waals surface area contributed by atoms with Crippen molar-refractivity contribution in [2.45, 2.75) is 0 Å². The van der Waals surface area contributed by atoms with Crippen LogP contribution in [0, 0.1) is 0 Å². The van der Waals surface area contributed by atoms with Gasteiger partial charge in [0.1, 0.15) is 15.6 Å². The van der Waals surface area contributed by atoms with E-state index in [9.17, 15) is 0 Å². The van der Waals surface area contributed by atoms with Gasteiger partial charge in [0, 0.05) is 0 Å². The van der Waals surface area contributed by atoms with Crippen LogP contribution >= 0.6 is 34.5 Å². The van der Waals surface area contributed by atoms with E-state index in [0.29, 0.717) is 21.7 Å². The van der Waals surface area contributed by atoms with Crippen LogP contribution in [0.1, 0.15) is 0 Å². The predicted molar refractivity (Wildman–Crippen MR) is 78.4 cm³/mol. The molecule has 2 heterocycles. The van der Waals surface area contributed by atoms with Crippen molar-refractivity contribution in [3.63, 3.8) is 0 Å². The van der Waals surface area contributed by atoms with Gasteiger partial charge in [0.25, 0.3) is 0 Å². The van der Waals surface area contributed by atoms with E-state index in [1.165, 1.54) is 11.3 Å². The van der Waals surface area contributed by atoms with E-state index in [1.54, 1.807) is 18.2 Å². The third kappa shape index (κ3) is 2.32. The maximum absolute atomic E-state index is 6.08. The first-order valence-corrected chi connectivity index (χ1v) is 6.91. The Morgan fingerprint density at radius 2 is 2.00 bits per heavy atom. The minimum Gasteiger partial charge on any atom is -0.437 e. The Balaban J connectivity index is 2.10. The van der Waals surface area contributed by atoms with Crippen molar-refractivity contribution in [1.82, 2.24) is 9.97 Å². The summed E-state index contributed by atoms with van der Waals surface area (Å²) in [5, 5.41) is 3.44. The molecular formula is C12H7Cl2N3OS. The van der Waals surface area contributed by atoms with Crippen LogP contribution in [0.5, 0.6) is 11.6 Å². The number of hydrogen-bond donors (Lipinski definition) is 1. The second-order valence-corrected chi connectivity index (χ2v) is 5.36. The molecule has 96 valence electrons. The van der Waals surface area contributed by atoms with Gasteiger partial charge in [0.2, 0.25) is 11.8 Å². The van der Waals surface area contributed by atoms with Gasteiger partial charge in [-0.1, -0.05) is 29.3 Å². The van der Waals surface area contributed by atoms with E-state index in [2.05, 4.69) is 9.97 Å². The summed E-state index contributed by atoms with van der Waals surface area (Å²) in [4.78, 5) is 8.98. The Labute approximate surface area is 122 Å². The SMILES string of the molecule is Nc1nc(Oc2cccc(Cl)c2Cl)c2ccsc2n1. The summed E-state index contributed by atoms with van der Waals surface area (Å²) in [5.41, 5.74) is 5.65. The Bertz CT molecular complexity index is 760. The fraction of sp³-hybridized carbons (Fsp3) is 0. The Morgan fingerprint density at radius 1 is 1.16 bits per heavy atom. The molecule has 0 aliphatic rings. The number of fused-ring (bicyclic) bond motifs is 1. The van der Waals surface area contributed by atoms with Gasteiger partial charge >= 0.3 is 0 Å². The van der Waals surface area contributed by atoms with Gasteiger partial charge < -0.3 is 10.5 Å². The zero-order chi connectivity index (χ0) is 13.4. The third-order valence-electron chi connectivity index (χ3n) is 2.43. The second-order valence-electron chi connectivity index (χ2n) is 3.68. The maximum Gasteiger partial charge on any atom is 0.232 e. The van der Waals surface area contributed by atoms with E-state index in [-0.39, 0.29) is 5.95 Å². The molecule has 0 radical (unpaired) electrons. The summed E-state index contributed by atoms with van der Waals surface area (Å²) in [7, 11) is 0. The average molecular weight is 312 g/mol. The lowest BCUT2D eigenvalue weighted by molar-refractivity contribution is 0.469. The number of nitrogens with zero attached hydrogens (tertiary/aromatic N) is 2. The van der Waals surface area contributed by atoms with Gasteiger partial charge in [-0.05, 0) is 23.6 Å². The van der Waals surface area contributed by atoms with Crippen LogP contribution in [0.15, 0.2) is 29.6 Å². The van der Waals surface area contributed by atoms with Crippen LogP contribution in [0.25, 0.3) is 10.2 Å². The number of halogens is 2. The topological polar surface area (TPSA) is 61.0 Å². The molecule has 3 aromatic rings. The molecule has 0 amide bonds. The van der Waals surface area contributed by atoms with Crippen molar-refractivity contribution < 1.29 is 4.74 Å². The zero-order valence-electron chi connectivity index (χ0n) is 9.43. The molecular weight excluding hydrogens is 305 g/mol. The minimum atomic E-state index is 0.156. The van der Waals surface area contributed by atoms with Gasteiger partial charge in [-0.25, -0.2) is 4.98 Å². The number of nitrogen functional groups attached to an aromatic ring is 1. The molecule has 7 heteroatoms. The molecule has 0 aliphatic carbocycles. The molecule has 19 heavy (non-hydrogen) atoms. The molecule has 0 aliphatic heterocycles. The number of benzene rings is 1. The Morgan fingerprint density at radius 3 is 2.84 bits per heavy atom. The van der Waals surface area contributed by atoms with Crippen molar-refractivity contribution in [2.75, 3.05) is 5.73 Å². The number of nitrogens with two attached hydrogens (primary N) is 1. The van der Waals surface area contributed by atoms with Crippen LogP contribution < -0.4 is 10.5 Å². The zero-order valence-corrected chi connectivity index (χ0v) is 11.8. The quantitative estimate of drug-likeness (QED) is 0.763. The van der Waals surface area contributed by atoms with Crippen LogP contribution in [-0.2, 0) is 0 Å². The summed E-state index contributed by atoms with van der Waals surface area (Å²) >= 11 is 13.5. The Hall–Kier alpha value is -1.56. The second kappa shape index (κ2) is 4.85. The number of thiophene rings is 1. The summed E-state index contributed by atoms with van der Waals surface area (Å²) in [6.07, 6.45) is 0. The molecule has 1 aromatic carbocycles. The molecule has 0 bridgehead atoms. The highest BCUT2D eigenvalue weighted by Gasteiger charge is 2.12. The van der Waals surface area contributed by atoms with E-state index < -0.39 is 0 Å². The van der Waals surface area contributed by atoms with E-state index in [4.69, 9.17) is 33.7 Å². The van der Waals surface area contributed by atoms with Gasteiger partial charge in [-0.2, -0.15) is 4.98 Å². The molecule has 0 atom stereocenters. The van der Waals surface area contributed by atoms with Gasteiger partial charge in [0.05, 0.1) is 10.4 Å². The number of ether oxygens (including phenoxy) is 1. The standard InChI is InChI=1S/C12H7Cl2N3OS/c13-7-2-1-3-8(9(7)14)18-10-6-4-5-19-11(6)17-12(15)16-10/h1-5H,(H2,15,16,17). The minimum absolute atomic E-state index is 0.156. The summed E-state index contributed by atoms with van der Waals surface area (Å²) in [6, 6.07) is 7.02. The monoisotopic (exact) mass is 311 g/mol. The van der Waals surface area contributed by atoms with Gasteiger partial charge in [-0.3, -0.25) is 0 Å². The van der Waals surface area contributed by atoms with Crippen molar-refractivity contribution in [1.29, 1.82) is 0 Å². The van der Waals surface area contributed by atoms with E-state index >= 15 is 0 Å². The van der Waals surface area contributed by atoms with Gasteiger partial charge in [-0.15, -0.1) is 11.3 Å². The summed E-state index contributed by atoms with van der Waals surface area (Å²) < 4.78 is 5.70. The summed E-state index contributed by atoms with van der Waals surface area (Å²) in [6.45, 7) is 0. The van der Waals surface area contributed by atoms with Crippen molar-refractivity contribution in [3.05, 3.63) is 39.7 Å². The molecule has 0 saturated carbocycles. The van der Waals surface area contributed by atoms with Crippen LogP contribution in [0.2, 0.25) is 10.0 Å².